The fourth-order valence-corrected chi connectivity index (χ4v) is 4.74. The number of methoxy groups -OCH3 is 2. The Morgan fingerprint density at radius 3 is 2.84 bits per heavy atom. The second-order valence-corrected chi connectivity index (χ2v) is 8.63. The fourth-order valence-electron chi connectivity index (χ4n) is 3.85. The topological polar surface area (TPSA) is 88.1 Å². The minimum atomic E-state index is -1.81. The number of alkyl halides is 2. The van der Waals surface area contributed by atoms with E-state index in [1.165, 1.54) is 18.1 Å². The third-order valence-corrected chi connectivity index (χ3v) is 6.58. The van der Waals surface area contributed by atoms with Gasteiger partial charge in [0.1, 0.15) is 23.3 Å². The van der Waals surface area contributed by atoms with E-state index in [4.69, 9.17) is 15.2 Å². The van der Waals surface area contributed by atoms with Crippen molar-refractivity contribution >= 4 is 17.6 Å². The second-order valence-electron chi connectivity index (χ2n) is 7.62. The van der Waals surface area contributed by atoms with Gasteiger partial charge in [0.05, 0.1) is 25.4 Å². The van der Waals surface area contributed by atoms with Crippen molar-refractivity contribution in [2.75, 3.05) is 20.0 Å². The van der Waals surface area contributed by atoms with Crippen molar-refractivity contribution in [1.82, 2.24) is 19.5 Å². The van der Waals surface area contributed by atoms with Crippen LogP contribution in [0.25, 0.3) is 11.5 Å². The van der Waals surface area contributed by atoms with Crippen molar-refractivity contribution in [2.24, 2.45) is 0 Å². The minimum Gasteiger partial charge on any atom is -0.497 e. The SMILES string of the molecule is COc1ccc(OC)c(Sc2nc3c(N)ncn(CCC4(F)CCCCC4F)c-3n2)c1. The zero-order valence-electron chi connectivity index (χ0n) is 17.5. The van der Waals surface area contributed by atoms with E-state index in [0.29, 0.717) is 34.6 Å². The van der Waals surface area contributed by atoms with Crippen LogP contribution in [0, 0.1) is 0 Å². The summed E-state index contributed by atoms with van der Waals surface area (Å²) in [6.45, 7) is 0.242. The quantitative estimate of drug-likeness (QED) is 0.567. The average molecular weight is 450 g/mol. The summed E-state index contributed by atoms with van der Waals surface area (Å²) >= 11 is 1.30. The fraction of sp³-hybridized carbons (Fsp3) is 0.476. The van der Waals surface area contributed by atoms with Gasteiger partial charge in [0.25, 0.3) is 0 Å². The van der Waals surface area contributed by atoms with Gasteiger partial charge in [-0.25, -0.2) is 23.7 Å². The first-order valence-electron chi connectivity index (χ1n) is 10.1. The monoisotopic (exact) mass is 449 g/mol. The molecule has 1 fully saturated rings. The predicted octanol–water partition coefficient (Wildman–Crippen LogP) is 4.54. The van der Waals surface area contributed by atoms with Crippen molar-refractivity contribution in [3.05, 3.63) is 24.5 Å². The lowest BCUT2D eigenvalue weighted by molar-refractivity contribution is 0.00210. The van der Waals surface area contributed by atoms with Crippen LogP contribution in [-0.2, 0) is 6.54 Å². The maximum Gasteiger partial charge on any atom is 0.195 e. The summed E-state index contributed by atoms with van der Waals surface area (Å²) in [5.74, 6) is 2.06. The Hall–Kier alpha value is -2.62. The lowest BCUT2D eigenvalue weighted by atomic mass is 9.82. The van der Waals surface area contributed by atoms with Crippen LogP contribution in [0.2, 0.25) is 0 Å². The highest BCUT2D eigenvalue weighted by molar-refractivity contribution is 7.99. The minimum absolute atomic E-state index is 0.0541. The van der Waals surface area contributed by atoms with E-state index in [1.807, 2.05) is 6.07 Å². The van der Waals surface area contributed by atoms with Crippen molar-refractivity contribution in [1.29, 1.82) is 0 Å². The number of benzene rings is 1. The lowest BCUT2D eigenvalue weighted by Crippen LogP contribution is -2.39. The molecule has 2 atom stereocenters. The summed E-state index contributed by atoms with van der Waals surface area (Å²) in [5.41, 5.74) is 4.62. The number of hydrogen-bond acceptors (Lipinski definition) is 7. The number of nitrogen functional groups attached to an aromatic ring is 1. The molecule has 166 valence electrons. The number of nitrogens with zero attached hydrogens (tertiary/aromatic N) is 4. The van der Waals surface area contributed by atoms with Crippen LogP contribution in [0.4, 0.5) is 14.6 Å². The molecule has 2 heterocycles. The maximum absolute atomic E-state index is 15.1. The van der Waals surface area contributed by atoms with Crippen LogP contribution in [0.15, 0.2) is 34.6 Å². The molecule has 1 aromatic carbocycles. The number of imidazole rings is 1. The van der Waals surface area contributed by atoms with Crippen LogP contribution in [-0.4, -0.2) is 45.6 Å². The third kappa shape index (κ3) is 4.39. The predicted molar refractivity (Wildman–Crippen MR) is 114 cm³/mol. The molecule has 1 aliphatic carbocycles. The van der Waals surface area contributed by atoms with E-state index in [0.717, 1.165) is 11.3 Å². The summed E-state index contributed by atoms with van der Waals surface area (Å²) in [6.07, 6.45) is 2.08. The van der Waals surface area contributed by atoms with Crippen molar-refractivity contribution < 1.29 is 18.3 Å². The van der Waals surface area contributed by atoms with Gasteiger partial charge in [-0.2, -0.15) is 0 Å². The van der Waals surface area contributed by atoms with Crippen molar-refractivity contribution in [3.63, 3.8) is 0 Å². The molecule has 0 spiro atoms. The van der Waals surface area contributed by atoms with Crippen molar-refractivity contribution in [3.8, 4) is 23.0 Å². The molecule has 1 saturated carbocycles. The zero-order valence-corrected chi connectivity index (χ0v) is 18.3. The van der Waals surface area contributed by atoms with Crippen LogP contribution in [0.1, 0.15) is 32.1 Å². The molecular weight excluding hydrogens is 424 g/mol. The van der Waals surface area contributed by atoms with Gasteiger partial charge in [-0.3, -0.25) is 0 Å². The summed E-state index contributed by atoms with van der Waals surface area (Å²) in [5, 5.41) is 0.450. The number of halogens is 2. The molecule has 2 unspecified atom stereocenters. The van der Waals surface area contributed by atoms with Gasteiger partial charge < -0.3 is 19.8 Å². The number of nitrogens with two attached hydrogens (primary N) is 1. The first-order valence-corrected chi connectivity index (χ1v) is 11.0. The zero-order chi connectivity index (χ0) is 22.0. The number of hydrogen-bond donors (Lipinski definition) is 1. The molecule has 0 amide bonds. The smallest absolute Gasteiger partial charge is 0.195 e. The molecule has 0 aromatic heterocycles. The van der Waals surface area contributed by atoms with E-state index in [2.05, 4.69) is 15.0 Å². The van der Waals surface area contributed by atoms with Gasteiger partial charge in [-0.1, -0.05) is 12.8 Å². The van der Waals surface area contributed by atoms with Crippen LogP contribution < -0.4 is 15.2 Å². The molecule has 7 nitrogen and oxygen atoms in total. The Morgan fingerprint density at radius 2 is 2.10 bits per heavy atom. The number of anilines is 1. The highest BCUT2D eigenvalue weighted by Crippen LogP contribution is 2.40. The van der Waals surface area contributed by atoms with E-state index >= 15 is 4.39 Å². The Labute approximate surface area is 183 Å². The maximum atomic E-state index is 15.1. The Kier molecular flexibility index (Phi) is 6.17. The first kappa shape index (κ1) is 21.6. The summed E-state index contributed by atoms with van der Waals surface area (Å²) < 4.78 is 41.7. The molecule has 2 N–H and O–H groups in total. The Balaban J connectivity index is 1.60. The van der Waals surface area contributed by atoms with Gasteiger partial charge in [-0.05, 0) is 42.8 Å². The molecule has 10 heteroatoms. The van der Waals surface area contributed by atoms with Crippen LogP contribution in [0.5, 0.6) is 11.5 Å². The lowest BCUT2D eigenvalue weighted by Gasteiger charge is -2.33. The molecule has 0 saturated heterocycles. The highest BCUT2D eigenvalue weighted by atomic mass is 32.2. The van der Waals surface area contributed by atoms with Crippen molar-refractivity contribution in [2.45, 2.75) is 60.5 Å². The van der Waals surface area contributed by atoms with E-state index in [1.54, 1.807) is 30.9 Å². The Bertz CT molecular complexity index is 1030. The number of ether oxygens (including phenoxy) is 2. The average Bonchev–Trinajstić information content (AvgIpc) is 3.20. The standard InChI is InChI=1S/C21H25F2N5O2S/c1-29-13-6-7-14(30-2)15(11-13)31-20-26-17-18(24)25-12-28(19(17)27-20)10-9-21(23)8-4-3-5-16(21)22/h6-7,11-12,16H,3-5,8-10,24H2,1-2H3. The van der Waals surface area contributed by atoms with E-state index < -0.39 is 11.8 Å². The van der Waals surface area contributed by atoms with Gasteiger partial charge in [-0.15, -0.1) is 0 Å². The summed E-state index contributed by atoms with van der Waals surface area (Å²) in [7, 11) is 3.17. The molecule has 2 aliphatic heterocycles. The number of rotatable bonds is 7. The normalized spacial score (nSPS) is 21.4. The molecular formula is C21H25F2N5O2S. The highest BCUT2D eigenvalue weighted by Gasteiger charge is 2.41. The largest absolute Gasteiger partial charge is 0.497 e. The molecule has 4 rings (SSSR count). The molecule has 31 heavy (non-hydrogen) atoms. The molecule has 0 radical (unpaired) electrons. The summed E-state index contributed by atoms with van der Waals surface area (Å²) in [4.78, 5) is 14.0. The van der Waals surface area contributed by atoms with Gasteiger partial charge in [0, 0.05) is 13.0 Å². The van der Waals surface area contributed by atoms with Gasteiger partial charge in [0.15, 0.2) is 22.5 Å². The summed E-state index contributed by atoms with van der Waals surface area (Å²) in [6, 6.07) is 5.44. The van der Waals surface area contributed by atoms with Gasteiger partial charge in [0.2, 0.25) is 0 Å². The molecule has 3 aliphatic rings. The molecule has 0 bridgehead atoms. The third-order valence-electron chi connectivity index (χ3n) is 5.67. The Morgan fingerprint density at radius 1 is 1.26 bits per heavy atom. The number of aryl methyl sites for hydroxylation is 1. The van der Waals surface area contributed by atoms with Crippen LogP contribution >= 0.6 is 11.8 Å². The number of aromatic nitrogens is 4. The van der Waals surface area contributed by atoms with Gasteiger partial charge >= 0.3 is 0 Å². The number of fused-ring (bicyclic) bond motifs is 1. The van der Waals surface area contributed by atoms with E-state index in [9.17, 15) is 4.39 Å². The molecule has 1 aromatic rings. The first-order chi connectivity index (χ1) is 14.9. The second kappa shape index (κ2) is 8.86. The van der Waals surface area contributed by atoms with E-state index in [-0.39, 0.29) is 31.6 Å². The van der Waals surface area contributed by atoms with Crippen LogP contribution in [0.3, 0.4) is 0 Å².